The van der Waals surface area contributed by atoms with Crippen LogP contribution in [0.15, 0.2) is 36.4 Å². The summed E-state index contributed by atoms with van der Waals surface area (Å²) in [6.45, 7) is 8.25. The van der Waals surface area contributed by atoms with Crippen LogP contribution in [0, 0.1) is 15.2 Å². The molecule has 3 N–H and O–H groups in total. The molecule has 192 valence electrons. The van der Waals surface area contributed by atoms with Crippen molar-refractivity contribution < 1.29 is 18.7 Å². The highest BCUT2D eigenvalue weighted by molar-refractivity contribution is 14.1. The number of rotatable bonds is 8. The minimum Gasteiger partial charge on any atom is -0.390 e. The first-order valence-electron chi connectivity index (χ1n) is 12.3. The molecule has 1 fully saturated rings. The number of amides is 1. The second kappa shape index (κ2) is 11.6. The smallest absolute Gasteiger partial charge is 0.217 e. The fourth-order valence-electron chi connectivity index (χ4n) is 4.99. The van der Waals surface area contributed by atoms with Crippen molar-refractivity contribution in [1.82, 2.24) is 10.6 Å². The predicted molar refractivity (Wildman–Crippen MR) is 144 cm³/mol. The maximum Gasteiger partial charge on any atom is 0.217 e. The van der Waals surface area contributed by atoms with Crippen LogP contribution in [-0.2, 0) is 22.2 Å². The molecule has 0 radical (unpaired) electrons. The Hall–Kier alpha value is -1.58. The molecular formula is C28H37F2IN2O2. The molecule has 2 aromatic rings. The van der Waals surface area contributed by atoms with E-state index in [1.54, 1.807) is 0 Å². The van der Waals surface area contributed by atoms with Crippen LogP contribution in [-0.4, -0.2) is 29.7 Å². The number of aliphatic hydroxyl groups excluding tert-OH is 1. The molecule has 1 aliphatic rings. The molecule has 1 saturated carbocycles. The first kappa shape index (κ1) is 28.0. The molecule has 2 aromatic carbocycles. The van der Waals surface area contributed by atoms with E-state index in [2.05, 4.69) is 72.2 Å². The van der Waals surface area contributed by atoms with Gasteiger partial charge in [-0.1, -0.05) is 46.1 Å². The van der Waals surface area contributed by atoms with E-state index in [0.29, 0.717) is 5.56 Å². The van der Waals surface area contributed by atoms with Gasteiger partial charge >= 0.3 is 0 Å². The van der Waals surface area contributed by atoms with Crippen molar-refractivity contribution in [3.63, 3.8) is 0 Å². The molecule has 35 heavy (non-hydrogen) atoms. The molecule has 0 saturated heterocycles. The van der Waals surface area contributed by atoms with Crippen molar-refractivity contribution in [2.24, 2.45) is 0 Å². The van der Waals surface area contributed by atoms with Crippen LogP contribution in [0.25, 0.3) is 0 Å². The van der Waals surface area contributed by atoms with E-state index in [4.69, 9.17) is 0 Å². The monoisotopic (exact) mass is 598 g/mol. The summed E-state index contributed by atoms with van der Waals surface area (Å²) in [4.78, 5) is 11.9. The molecule has 0 aliphatic heterocycles. The topological polar surface area (TPSA) is 61.4 Å². The molecule has 0 unspecified atom stereocenters. The maximum absolute atomic E-state index is 13.7. The number of hydrogen-bond acceptors (Lipinski definition) is 3. The van der Waals surface area contributed by atoms with E-state index in [1.165, 1.54) is 40.2 Å². The van der Waals surface area contributed by atoms with Gasteiger partial charge in [-0.3, -0.25) is 4.79 Å². The quantitative estimate of drug-likeness (QED) is 0.341. The Kier molecular flexibility index (Phi) is 9.32. The van der Waals surface area contributed by atoms with Gasteiger partial charge in [-0.2, -0.15) is 0 Å². The first-order chi connectivity index (χ1) is 16.4. The second-order valence-corrected chi connectivity index (χ2v) is 12.1. The molecule has 0 spiro atoms. The summed E-state index contributed by atoms with van der Waals surface area (Å²) < 4.78 is 28.6. The highest BCUT2D eigenvalue weighted by Gasteiger charge is 2.36. The van der Waals surface area contributed by atoms with Gasteiger partial charge in [-0.25, -0.2) is 8.78 Å². The molecule has 1 amide bonds. The normalized spacial score (nSPS) is 17.6. The van der Waals surface area contributed by atoms with Crippen molar-refractivity contribution in [2.45, 2.75) is 89.3 Å². The number of hydrogen-bond donors (Lipinski definition) is 3. The average Bonchev–Trinajstić information content (AvgIpc) is 2.75. The van der Waals surface area contributed by atoms with Crippen LogP contribution in [0.4, 0.5) is 8.78 Å². The lowest BCUT2D eigenvalue weighted by molar-refractivity contribution is -0.120. The Morgan fingerprint density at radius 2 is 1.69 bits per heavy atom. The van der Waals surface area contributed by atoms with E-state index < -0.39 is 23.8 Å². The largest absolute Gasteiger partial charge is 0.390 e. The molecule has 0 aromatic heterocycles. The molecule has 7 heteroatoms. The molecule has 3 rings (SSSR count). The Bertz CT molecular complexity index is 1010. The van der Waals surface area contributed by atoms with Crippen LogP contribution < -0.4 is 10.6 Å². The van der Waals surface area contributed by atoms with Gasteiger partial charge in [-0.15, -0.1) is 0 Å². The Morgan fingerprint density at radius 3 is 2.26 bits per heavy atom. The maximum atomic E-state index is 13.7. The molecule has 4 nitrogen and oxygen atoms in total. The van der Waals surface area contributed by atoms with Crippen molar-refractivity contribution in [3.05, 3.63) is 68.3 Å². The fraction of sp³-hybridized carbons (Fsp3) is 0.536. The van der Waals surface area contributed by atoms with Crippen molar-refractivity contribution in [3.8, 4) is 0 Å². The zero-order valence-corrected chi connectivity index (χ0v) is 23.2. The highest BCUT2D eigenvalue weighted by Crippen LogP contribution is 2.39. The summed E-state index contributed by atoms with van der Waals surface area (Å²) in [6, 6.07) is 9.34. The summed E-state index contributed by atoms with van der Waals surface area (Å²) in [5.74, 6) is -1.65. The van der Waals surface area contributed by atoms with E-state index in [-0.39, 0.29) is 29.8 Å². The van der Waals surface area contributed by atoms with Crippen molar-refractivity contribution in [2.75, 3.05) is 6.54 Å². The zero-order valence-electron chi connectivity index (χ0n) is 21.1. The molecular weight excluding hydrogens is 561 g/mol. The first-order valence-corrected chi connectivity index (χ1v) is 13.4. The predicted octanol–water partition coefficient (Wildman–Crippen LogP) is 5.72. The second-order valence-electron chi connectivity index (χ2n) is 10.9. The van der Waals surface area contributed by atoms with Gasteiger partial charge in [0.05, 0.1) is 12.1 Å². The summed E-state index contributed by atoms with van der Waals surface area (Å²) in [7, 11) is 0. The third-order valence-electron chi connectivity index (χ3n) is 6.90. The lowest BCUT2D eigenvalue weighted by atomic mass is 9.74. The Morgan fingerprint density at radius 1 is 1.06 bits per heavy atom. The van der Waals surface area contributed by atoms with Gasteiger partial charge in [0.1, 0.15) is 11.6 Å². The SMILES string of the molecule is CC(=O)N[C@@H](Cc1cc(F)cc(F)c1)[C@H](O)CNC1(c2cc(I)cc(C(C)(C)C)c2)CCCCC1. The minimum atomic E-state index is -0.936. The van der Waals surface area contributed by atoms with Gasteiger partial charge in [0.2, 0.25) is 5.91 Å². The lowest BCUT2D eigenvalue weighted by Gasteiger charge is -2.41. The molecule has 0 bridgehead atoms. The molecule has 0 heterocycles. The number of nitrogens with one attached hydrogen (secondary N) is 2. The minimum absolute atomic E-state index is 0.0159. The van der Waals surface area contributed by atoms with Crippen molar-refractivity contribution in [1.29, 1.82) is 0 Å². The van der Waals surface area contributed by atoms with Crippen molar-refractivity contribution >= 4 is 28.5 Å². The third kappa shape index (κ3) is 7.70. The van der Waals surface area contributed by atoms with Crippen LogP contribution in [0.2, 0.25) is 0 Å². The van der Waals surface area contributed by atoms with E-state index in [1.807, 2.05) is 0 Å². The summed E-state index contributed by atoms with van der Waals surface area (Å²) in [5.41, 5.74) is 2.63. The number of carbonyl (C=O) groups excluding carboxylic acids is 1. The zero-order chi connectivity index (χ0) is 25.8. The van der Waals surface area contributed by atoms with Crippen LogP contribution in [0.5, 0.6) is 0 Å². The number of halogens is 3. The lowest BCUT2D eigenvalue weighted by Crippen LogP contribution is -2.53. The van der Waals surface area contributed by atoms with Gasteiger partial charge in [0, 0.05) is 28.6 Å². The highest BCUT2D eigenvalue weighted by atomic mass is 127. The molecule has 2 atom stereocenters. The van der Waals surface area contributed by atoms with E-state index in [9.17, 15) is 18.7 Å². The fourth-order valence-corrected chi connectivity index (χ4v) is 5.66. The number of carbonyl (C=O) groups is 1. The Labute approximate surface area is 221 Å². The molecule has 1 aliphatic carbocycles. The third-order valence-corrected chi connectivity index (χ3v) is 7.53. The van der Waals surface area contributed by atoms with Crippen LogP contribution in [0.1, 0.15) is 76.5 Å². The van der Waals surface area contributed by atoms with Crippen LogP contribution in [0.3, 0.4) is 0 Å². The van der Waals surface area contributed by atoms with E-state index in [0.717, 1.165) is 31.7 Å². The van der Waals surface area contributed by atoms with Crippen LogP contribution >= 0.6 is 22.6 Å². The van der Waals surface area contributed by atoms with Gasteiger partial charge < -0.3 is 15.7 Å². The van der Waals surface area contributed by atoms with Gasteiger partial charge in [0.25, 0.3) is 0 Å². The average molecular weight is 599 g/mol. The number of aliphatic hydroxyl groups is 1. The standard InChI is InChI=1S/C28H37F2IN2O2/c1-18(34)33-25(12-19-10-22(29)16-23(30)11-19)26(35)17-32-28(8-6-5-7-9-28)21-13-20(27(2,3)4)14-24(31)15-21/h10-11,13-16,25-26,32,35H,5-9,12,17H2,1-4H3,(H,33,34)/t25-,26+/m0/s1. The van der Waals surface area contributed by atoms with Gasteiger partial charge in [0.15, 0.2) is 0 Å². The van der Waals surface area contributed by atoms with Gasteiger partial charge in [-0.05, 0) is 88.2 Å². The summed E-state index contributed by atoms with van der Waals surface area (Å²) in [6.07, 6.45) is 4.48. The summed E-state index contributed by atoms with van der Waals surface area (Å²) in [5, 5.41) is 17.6. The Balaban J connectivity index is 1.84. The number of benzene rings is 2. The summed E-state index contributed by atoms with van der Waals surface area (Å²) >= 11 is 2.37. The van der Waals surface area contributed by atoms with E-state index >= 15 is 0 Å².